The van der Waals surface area contributed by atoms with E-state index in [4.69, 9.17) is 4.42 Å². The van der Waals surface area contributed by atoms with Crippen LogP contribution in [0.4, 0.5) is 4.39 Å². The van der Waals surface area contributed by atoms with E-state index in [2.05, 4.69) is 15.2 Å². The summed E-state index contributed by atoms with van der Waals surface area (Å²) in [7, 11) is 0. The van der Waals surface area contributed by atoms with Crippen LogP contribution in [0.1, 0.15) is 30.2 Å². The molecule has 0 aliphatic carbocycles. The number of piperidine rings is 1. The monoisotopic (exact) mass is 404 g/mol. The van der Waals surface area contributed by atoms with E-state index in [0.717, 1.165) is 35.9 Å². The van der Waals surface area contributed by atoms with Gasteiger partial charge in [-0.05, 0) is 48.7 Å². The predicted molar refractivity (Wildman–Crippen MR) is 110 cm³/mol. The lowest BCUT2D eigenvalue weighted by molar-refractivity contribution is -0.131. The Morgan fingerprint density at radius 1 is 1.17 bits per heavy atom. The summed E-state index contributed by atoms with van der Waals surface area (Å²) in [5.41, 5.74) is 2.73. The van der Waals surface area contributed by atoms with E-state index in [1.165, 1.54) is 12.1 Å². The van der Waals surface area contributed by atoms with E-state index < -0.39 is 0 Å². The summed E-state index contributed by atoms with van der Waals surface area (Å²) < 4.78 is 19.0. The normalized spacial score (nSPS) is 16.8. The first-order valence-electron chi connectivity index (χ1n) is 10.1. The number of hydrogen-bond donors (Lipinski definition) is 1. The molecule has 1 aliphatic rings. The summed E-state index contributed by atoms with van der Waals surface area (Å²) in [6.45, 7) is 1.29. The highest BCUT2D eigenvalue weighted by molar-refractivity contribution is 5.88. The molecule has 152 valence electrons. The van der Waals surface area contributed by atoms with Crippen LogP contribution in [0.2, 0.25) is 0 Å². The number of nitrogens with one attached hydrogen (secondary N) is 1. The zero-order chi connectivity index (χ0) is 20.5. The lowest BCUT2D eigenvalue weighted by atomic mass is 9.97. The van der Waals surface area contributed by atoms with Gasteiger partial charge in [-0.15, -0.1) is 10.2 Å². The number of aromatic amines is 1. The topological polar surface area (TPSA) is 75.0 Å². The van der Waals surface area contributed by atoms with Crippen molar-refractivity contribution in [3.05, 3.63) is 72.0 Å². The SMILES string of the molecule is O=C(Cc1c[nH]c2ccccc12)N1CCCC(c2nnc(-c3ccc(F)cc3)o2)C1. The van der Waals surface area contributed by atoms with E-state index >= 15 is 0 Å². The Balaban J connectivity index is 1.29. The Labute approximate surface area is 172 Å². The first-order chi connectivity index (χ1) is 14.7. The van der Waals surface area contributed by atoms with Crippen LogP contribution in [0.25, 0.3) is 22.4 Å². The van der Waals surface area contributed by atoms with Gasteiger partial charge >= 0.3 is 0 Å². The van der Waals surface area contributed by atoms with Crippen molar-refractivity contribution < 1.29 is 13.6 Å². The molecule has 7 heteroatoms. The van der Waals surface area contributed by atoms with Crippen molar-refractivity contribution in [3.8, 4) is 11.5 Å². The van der Waals surface area contributed by atoms with Gasteiger partial charge in [-0.25, -0.2) is 4.39 Å². The van der Waals surface area contributed by atoms with E-state index in [-0.39, 0.29) is 17.6 Å². The number of carbonyl (C=O) groups is 1. The molecular formula is C23H21FN4O2. The number of hydrogen-bond acceptors (Lipinski definition) is 4. The standard InChI is InChI=1S/C23H21FN4O2/c24-18-9-7-15(8-10-18)22-26-27-23(30-22)16-4-3-11-28(14-16)21(29)12-17-13-25-20-6-2-1-5-19(17)20/h1-2,5-10,13,16,25H,3-4,11-12,14H2. The Morgan fingerprint density at radius 3 is 2.87 bits per heavy atom. The summed E-state index contributed by atoms with van der Waals surface area (Å²) in [6.07, 6.45) is 4.05. The van der Waals surface area contributed by atoms with Crippen molar-refractivity contribution in [2.45, 2.75) is 25.2 Å². The van der Waals surface area contributed by atoms with Gasteiger partial charge in [0.05, 0.1) is 12.3 Å². The summed E-state index contributed by atoms with van der Waals surface area (Å²) in [4.78, 5) is 18.1. The first kappa shape index (κ1) is 18.5. The fraction of sp³-hybridized carbons (Fsp3) is 0.261. The van der Waals surface area contributed by atoms with Crippen LogP contribution in [0, 0.1) is 5.82 Å². The number of H-pyrrole nitrogens is 1. The molecule has 1 atom stereocenters. The van der Waals surface area contributed by atoms with E-state index in [0.29, 0.717) is 30.3 Å². The van der Waals surface area contributed by atoms with E-state index in [9.17, 15) is 9.18 Å². The van der Waals surface area contributed by atoms with Crippen LogP contribution in [0.5, 0.6) is 0 Å². The number of amides is 1. The van der Waals surface area contributed by atoms with Gasteiger partial charge in [0, 0.05) is 35.8 Å². The molecule has 3 heterocycles. The van der Waals surface area contributed by atoms with Crippen molar-refractivity contribution in [3.63, 3.8) is 0 Å². The third-order valence-electron chi connectivity index (χ3n) is 5.67. The van der Waals surface area contributed by atoms with Crippen LogP contribution >= 0.6 is 0 Å². The van der Waals surface area contributed by atoms with Crippen LogP contribution in [0.15, 0.2) is 59.1 Å². The number of carbonyl (C=O) groups excluding carboxylic acids is 1. The molecule has 30 heavy (non-hydrogen) atoms. The van der Waals surface area contributed by atoms with Gasteiger partial charge < -0.3 is 14.3 Å². The maximum atomic E-state index is 13.1. The number of para-hydroxylation sites is 1. The maximum absolute atomic E-state index is 13.1. The molecule has 0 radical (unpaired) electrons. The summed E-state index contributed by atoms with van der Waals surface area (Å²) in [6, 6.07) is 14.0. The summed E-state index contributed by atoms with van der Waals surface area (Å²) in [5, 5.41) is 9.39. The van der Waals surface area contributed by atoms with Gasteiger partial charge in [0.1, 0.15) is 5.82 Å². The molecule has 2 aromatic heterocycles. The van der Waals surface area contributed by atoms with Crippen molar-refractivity contribution in [1.82, 2.24) is 20.1 Å². The molecule has 1 amide bonds. The van der Waals surface area contributed by atoms with Crippen molar-refractivity contribution in [2.75, 3.05) is 13.1 Å². The van der Waals surface area contributed by atoms with Crippen molar-refractivity contribution >= 4 is 16.8 Å². The molecular weight excluding hydrogens is 383 g/mol. The number of rotatable bonds is 4. The molecule has 6 nitrogen and oxygen atoms in total. The average molecular weight is 404 g/mol. The molecule has 1 aliphatic heterocycles. The zero-order valence-electron chi connectivity index (χ0n) is 16.3. The molecule has 5 rings (SSSR count). The molecule has 1 unspecified atom stereocenters. The van der Waals surface area contributed by atoms with Gasteiger partial charge in [0.25, 0.3) is 0 Å². The van der Waals surface area contributed by atoms with Gasteiger partial charge in [-0.1, -0.05) is 18.2 Å². The molecule has 4 aromatic rings. The number of nitrogens with zero attached hydrogens (tertiary/aromatic N) is 3. The molecule has 1 saturated heterocycles. The minimum absolute atomic E-state index is 0.00682. The highest BCUT2D eigenvalue weighted by atomic mass is 19.1. The van der Waals surface area contributed by atoms with Gasteiger partial charge in [-0.3, -0.25) is 4.79 Å². The lowest BCUT2D eigenvalue weighted by Gasteiger charge is -2.31. The first-order valence-corrected chi connectivity index (χ1v) is 10.1. The third-order valence-corrected chi connectivity index (χ3v) is 5.67. The average Bonchev–Trinajstić information content (AvgIpc) is 3.42. The number of benzene rings is 2. The largest absolute Gasteiger partial charge is 0.420 e. The van der Waals surface area contributed by atoms with Crippen LogP contribution in [-0.4, -0.2) is 39.1 Å². The van der Waals surface area contributed by atoms with Gasteiger partial charge in [0.15, 0.2) is 0 Å². The number of fused-ring (bicyclic) bond motifs is 1. The Bertz CT molecular complexity index is 1180. The van der Waals surface area contributed by atoms with Crippen molar-refractivity contribution in [1.29, 1.82) is 0 Å². The van der Waals surface area contributed by atoms with Gasteiger partial charge in [0.2, 0.25) is 17.7 Å². The second kappa shape index (κ2) is 7.74. The highest BCUT2D eigenvalue weighted by Crippen LogP contribution is 2.29. The quantitative estimate of drug-likeness (QED) is 0.550. The molecule has 0 saturated carbocycles. The Morgan fingerprint density at radius 2 is 2.00 bits per heavy atom. The second-order valence-electron chi connectivity index (χ2n) is 7.67. The Hall–Kier alpha value is -3.48. The number of halogens is 1. The Kier molecular flexibility index (Phi) is 4.78. The smallest absolute Gasteiger partial charge is 0.247 e. The van der Waals surface area contributed by atoms with E-state index in [1.54, 1.807) is 12.1 Å². The zero-order valence-corrected chi connectivity index (χ0v) is 16.3. The predicted octanol–water partition coefficient (Wildman–Crippen LogP) is 4.31. The maximum Gasteiger partial charge on any atom is 0.247 e. The third kappa shape index (κ3) is 3.58. The molecule has 0 bridgehead atoms. The highest BCUT2D eigenvalue weighted by Gasteiger charge is 2.29. The summed E-state index contributed by atoms with van der Waals surface area (Å²) in [5.74, 6) is 0.691. The lowest BCUT2D eigenvalue weighted by Crippen LogP contribution is -2.40. The molecule has 0 spiro atoms. The van der Waals surface area contributed by atoms with Gasteiger partial charge in [-0.2, -0.15) is 0 Å². The fourth-order valence-corrected chi connectivity index (χ4v) is 4.07. The fourth-order valence-electron chi connectivity index (χ4n) is 4.07. The molecule has 1 fully saturated rings. The van der Waals surface area contributed by atoms with Crippen LogP contribution in [-0.2, 0) is 11.2 Å². The van der Waals surface area contributed by atoms with Crippen LogP contribution < -0.4 is 0 Å². The summed E-state index contributed by atoms with van der Waals surface area (Å²) >= 11 is 0. The molecule has 2 aromatic carbocycles. The number of aromatic nitrogens is 3. The van der Waals surface area contributed by atoms with Crippen molar-refractivity contribution in [2.24, 2.45) is 0 Å². The minimum atomic E-state index is -0.310. The molecule has 1 N–H and O–H groups in total. The second-order valence-corrected chi connectivity index (χ2v) is 7.67. The van der Waals surface area contributed by atoms with E-state index in [1.807, 2.05) is 35.4 Å². The number of likely N-dealkylation sites (tertiary alicyclic amines) is 1. The van der Waals surface area contributed by atoms with Crippen LogP contribution in [0.3, 0.4) is 0 Å². The minimum Gasteiger partial charge on any atom is -0.420 e.